The topological polar surface area (TPSA) is 55.2 Å². The molecular formula is C4H6N2O2. The van der Waals surface area contributed by atoms with Crippen molar-refractivity contribution >= 4 is 0 Å². The lowest BCUT2D eigenvalue weighted by Gasteiger charge is -1.83. The summed E-state index contributed by atoms with van der Waals surface area (Å²) in [5.74, 6) is 0. The Morgan fingerprint density at radius 2 is 2.62 bits per heavy atom. The minimum atomic E-state index is -0.361. The summed E-state index contributed by atoms with van der Waals surface area (Å²) in [5.41, 5.74) is 0.282. The van der Waals surface area contributed by atoms with Crippen molar-refractivity contribution in [3.63, 3.8) is 0 Å². The molecule has 1 aliphatic heterocycles. The molecule has 0 aromatic rings. The maximum absolute atomic E-state index is 9.90. The fourth-order valence-corrected chi connectivity index (χ4v) is 0.606. The molecule has 0 radical (unpaired) electrons. The van der Waals surface area contributed by atoms with Gasteiger partial charge in [-0.3, -0.25) is 10.1 Å². The van der Waals surface area contributed by atoms with Crippen LogP contribution in [0.4, 0.5) is 0 Å². The van der Waals surface area contributed by atoms with Gasteiger partial charge in [0.05, 0.1) is 17.5 Å². The zero-order valence-electron chi connectivity index (χ0n) is 4.26. The van der Waals surface area contributed by atoms with Gasteiger partial charge in [0.25, 0.3) is 5.70 Å². The lowest BCUT2D eigenvalue weighted by atomic mass is 10.4. The Morgan fingerprint density at radius 3 is 2.88 bits per heavy atom. The minimum Gasteiger partial charge on any atom is -0.385 e. The molecule has 0 bridgehead atoms. The molecule has 0 saturated carbocycles. The molecule has 0 fully saturated rings. The number of hydrogen-bond donors (Lipinski definition) is 1. The molecule has 0 saturated heterocycles. The van der Waals surface area contributed by atoms with Crippen molar-refractivity contribution in [2.75, 3.05) is 6.54 Å². The molecule has 1 N–H and O–H groups in total. The third-order valence-electron chi connectivity index (χ3n) is 1.03. The SMILES string of the molecule is O=[N+]([O-])C1=CNCC1. The summed E-state index contributed by atoms with van der Waals surface area (Å²) < 4.78 is 0. The van der Waals surface area contributed by atoms with Gasteiger partial charge in [-0.2, -0.15) is 0 Å². The van der Waals surface area contributed by atoms with E-state index < -0.39 is 0 Å². The molecule has 0 aliphatic carbocycles. The Balaban J connectivity index is 2.57. The average molecular weight is 114 g/mol. The van der Waals surface area contributed by atoms with Gasteiger partial charge in [-0.25, -0.2) is 0 Å². The maximum Gasteiger partial charge on any atom is 0.263 e. The van der Waals surface area contributed by atoms with E-state index in [2.05, 4.69) is 5.32 Å². The second-order valence-electron chi connectivity index (χ2n) is 1.60. The molecule has 1 heterocycles. The Kier molecular flexibility index (Phi) is 1.15. The molecule has 44 valence electrons. The van der Waals surface area contributed by atoms with Crippen molar-refractivity contribution in [2.45, 2.75) is 6.42 Å². The normalized spacial score (nSPS) is 17.2. The molecule has 8 heavy (non-hydrogen) atoms. The summed E-state index contributed by atoms with van der Waals surface area (Å²) in [5, 5.41) is 12.6. The van der Waals surface area contributed by atoms with Crippen LogP contribution in [0.25, 0.3) is 0 Å². The first-order valence-electron chi connectivity index (χ1n) is 2.37. The van der Waals surface area contributed by atoms with E-state index in [4.69, 9.17) is 0 Å². The van der Waals surface area contributed by atoms with Gasteiger partial charge < -0.3 is 5.32 Å². The van der Waals surface area contributed by atoms with Gasteiger partial charge in [-0.15, -0.1) is 0 Å². The van der Waals surface area contributed by atoms with Crippen LogP contribution < -0.4 is 5.32 Å². The smallest absolute Gasteiger partial charge is 0.263 e. The van der Waals surface area contributed by atoms with E-state index in [1.165, 1.54) is 6.20 Å². The first-order chi connectivity index (χ1) is 3.80. The molecule has 0 unspecified atom stereocenters. The number of nitro groups is 1. The summed E-state index contributed by atoms with van der Waals surface area (Å²) >= 11 is 0. The van der Waals surface area contributed by atoms with E-state index in [9.17, 15) is 10.1 Å². The van der Waals surface area contributed by atoms with Crippen LogP contribution >= 0.6 is 0 Å². The molecule has 4 heteroatoms. The third kappa shape index (κ3) is 0.776. The van der Waals surface area contributed by atoms with Crippen molar-refractivity contribution in [3.05, 3.63) is 22.0 Å². The van der Waals surface area contributed by atoms with Gasteiger partial charge >= 0.3 is 0 Å². The van der Waals surface area contributed by atoms with Crippen LogP contribution in [0.3, 0.4) is 0 Å². The Labute approximate surface area is 46.3 Å². The largest absolute Gasteiger partial charge is 0.385 e. The van der Waals surface area contributed by atoms with E-state index in [-0.39, 0.29) is 10.6 Å². The predicted octanol–water partition coefficient (Wildman–Crippen LogP) is 0.0978. The van der Waals surface area contributed by atoms with Gasteiger partial charge in [-0.05, 0) is 0 Å². The zero-order chi connectivity index (χ0) is 5.98. The molecule has 1 rings (SSSR count). The monoisotopic (exact) mass is 114 g/mol. The lowest BCUT2D eigenvalue weighted by Crippen LogP contribution is -1.97. The molecule has 0 aromatic heterocycles. The summed E-state index contributed by atoms with van der Waals surface area (Å²) in [6.45, 7) is 0.705. The number of rotatable bonds is 1. The van der Waals surface area contributed by atoms with E-state index in [0.29, 0.717) is 13.0 Å². The van der Waals surface area contributed by atoms with Crippen LogP contribution in [0.15, 0.2) is 11.9 Å². The van der Waals surface area contributed by atoms with Crippen LogP contribution in [0.1, 0.15) is 6.42 Å². The van der Waals surface area contributed by atoms with Crippen LogP contribution in [-0.2, 0) is 0 Å². The molecule has 0 spiro atoms. The van der Waals surface area contributed by atoms with Gasteiger partial charge in [0.15, 0.2) is 0 Å². The fourth-order valence-electron chi connectivity index (χ4n) is 0.606. The molecular weight excluding hydrogens is 108 g/mol. The molecule has 1 aliphatic rings. The molecule has 4 nitrogen and oxygen atoms in total. The Hall–Kier alpha value is -1.06. The molecule has 0 amide bonds. The average Bonchev–Trinajstić information content (AvgIpc) is 2.12. The highest BCUT2D eigenvalue weighted by atomic mass is 16.6. The van der Waals surface area contributed by atoms with Crippen molar-refractivity contribution in [3.8, 4) is 0 Å². The van der Waals surface area contributed by atoms with Gasteiger partial charge in [0, 0.05) is 6.54 Å². The Morgan fingerprint density at radius 1 is 1.88 bits per heavy atom. The van der Waals surface area contributed by atoms with E-state index in [1.54, 1.807) is 0 Å². The second kappa shape index (κ2) is 1.81. The van der Waals surface area contributed by atoms with Crippen molar-refractivity contribution in [1.29, 1.82) is 0 Å². The highest BCUT2D eigenvalue weighted by Gasteiger charge is 2.13. The second-order valence-corrected chi connectivity index (χ2v) is 1.60. The standard InChI is InChI=1S/C4H6N2O2/c7-6(8)4-1-2-5-3-4/h3,5H,1-2H2. The van der Waals surface area contributed by atoms with Crippen molar-refractivity contribution in [1.82, 2.24) is 5.32 Å². The summed E-state index contributed by atoms with van der Waals surface area (Å²) in [6, 6.07) is 0. The summed E-state index contributed by atoms with van der Waals surface area (Å²) in [7, 11) is 0. The number of hydrogen-bond acceptors (Lipinski definition) is 3. The van der Waals surface area contributed by atoms with Crippen LogP contribution in [-0.4, -0.2) is 11.5 Å². The zero-order valence-corrected chi connectivity index (χ0v) is 4.26. The van der Waals surface area contributed by atoms with Gasteiger partial charge in [0.2, 0.25) is 0 Å². The van der Waals surface area contributed by atoms with E-state index in [1.807, 2.05) is 0 Å². The molecule has 0 aromatic carbocycles. The lowest BCUT2D eigenvalue weighted by molar-refractivity contribution is -0.426. The summed E-state index contributed by atoms with van der Waals surface area (Å²) in [6.07, 6.45) is 1.99. The predicted molar refractivity (Wildman–Crippen MR) is 27.7 cm³/mol. The van der Waals surface area contributed by atoms with Crippen molar-refractivity contribution in [2.24, 2.45) is 0 Å². The van der Waals surface area contributed by atoms with Gasteiger partial charge in [0.1, 0.15) is 0 Å². The van der Waals surface area contributed by atoms with Crippen LogP contribution in [0, 0.1) is 10.1 Å². The minimum absolute atomic E-state index is 0.282. The molecule has 0 atom stereocenters. The third-order valence-corrected chi connectivity index (χ3v) is 1.03. The maximum atomic E-state index is 9.90. The summed E-state index contributed by atoms with van der Waals surface area (Å²) in [4.78, 5) is 9.54. The van der Waals surface area contributed by atoms with E-state index >= 15 is 0 Å². The van der Waals surface area contributed by atoms with Crippen molar-refractivity contribution < 1.29 is 4.92 Å². The highest BCUT2D eigenvalue weighted by molar-refractivity contribution is 4.96. The Bertz CT molecular complexity index is 141. The van der Waals surface area contributed by atoms with E-state index in [0.717, 1.165) is 0 Å². The number of nitrogens with zero attached hydrogens (tertiary/aromatic N) is 1. The van der Waals surface area contributed by atoms with Gasteiger partial charge in [-0.1, -0.05) is 0 Å². The first kappa shape index (κ1) is 5.08. The first-order valence-corrected chi connectivity index (χ1v) is 2.37. The fraction of sp³-hybridized carbons (Fsp3) is 0.500. The highest BCUT2D eigenvalue weighted by Crippen LogP contribution is 2.03. The van der Waals surface area contributed by atoms with Crippen LogP contribution in [0.5, 0.6) is 0 Å². The quantitative estimate of drug-likeness (QED) is 0.388. The number of nitrogens with one attached hydrogen (secondary N) is 1. The van der Waals surface area contributed by atoms with Crippen LogP contribution in [0.2, 0.25) is 0 Å².